The Hall–Kier alpha value is -3.52. The molecule has 0 saturated carbocycles. The number of aryl methyl sites for hydroxylation is 1. The lowest BCUT2D eigenvalue weighted by atomic mass is 10.1. The molecule has 8 nitrogen and oxygen atoms in total. The Morgan fingerprint density at radius 2 is 1.84 bits per heavy atom. The van der Waals surface area contributed by atoms with E-state index in [0.717, 1.165) is 13.0 Å². The maximum atomic E-state index is 13.5. The van der Waals surface area contributed by atoms with Gasteiger partial charge >= 0.3 is 0 Å². The van der Waals surface area contributed by atoms with Crippen molar-refractivity contribution in [2.45, 2.75) is 65.0 Å². The van der Waals surface area contributed by atoms with E-state index in [-0.39, 0.29) is 23.9 Å². The van der Waals surface area contributed by atoms with Crippen molar-refractivity contribution >= 4 is 23.2 Å². The number of carbonyl (C=O) groups excluding carboxylic acids is 2. The van der Waals surface area contributed by atoms with Crippen LogP contribution in [0, 0.1) is 6.92 Å². The Morgan fingerprint density at radius 1 is 1.11 bits per heavy atom. The van der Waals surface area contributed by atoms with Crippen molar-refractivity contribution in [3.63, 3.8) is 0 Å². The van der Waals surface area contributed by atoms with Crippen molar-refractivity contribution in [3.8, 4) is 5.75 Å². The second-order valence-corrected chi connectivity index (χ2v) is 9.81. The molecule has 1 aliphatic heterocycles. The van der Waals surface area contributed by atoms with Crippen LogP contribution in [0.25, 0.3) is 10.9 Å². The number of nitrogens with one attached hydrogen (secondary N) is 1. The number of aromatic nitrogens is 2. The minimum Gasteiger partial charge on any atom is -0.492 e. The van der Waals surface area contributed by atoms with Crippen molar-refractivity contribution < 1.29 is 14.3 Å². The Labute approximate surface area is 217 Å². The third-order valence-corrected chi connectivity index (χ3v) is 7.04. The molecule has 1 aromatic heterocycles. The molecule has 3 aromatic rings. The molecule has 0 spiro atoms. The molecule has 1 saturated heterocycles. The quantitative estimate of drug-likeness (QED) is 0.398. The largest absolute Gasteiger partial charge is 0.492 e. The lowest BCUT2D eigenvalue weighted by molar-refractivity contribution is -0.125. The first-order valence-corrected chi connectivity index (χ1v) is 13.1. The second kappa shape index (κ2) is 12.6. The molecule has 0 radical (unpaired) electrons. The van der Waals surface area contributed by atoms with Gasteiger partial charge in [-0.25, -0.2) is 4.98 Å². The Morgan fingerprint density at radius 3 is 2.57 bits per heavy atom. The molecule has 1 fully saturated rings. The maximum Gasteiger partial charge on any atom is 0.265 e. The van der Waals surface area contributed by atoms with E-state index in [1.165, 1.54) is 43.5 Å². The zero-order chi connectivity index (χ0) is 26.2. The number of rotatable bonds is 11. The summed E-state index contributed by atoms with van der Waals surface area (Å²) in [5, 5.41) is 2.57. The number of imide groups is 1. The molecule has 0 aliphatic carbocycles. The zero-order valence-electron chi connectivity index (χ0n) is 21.7. The van der Waals surface area contributed by atoms with Crippen LogP contribution in [0.3, 0.4) is 0 Å². The summed E-state index contributed by atoms with van der Waals surface area (Å²) in [6, 6.07) is 13.9. The van der Waals surface area contributed by atoms with E-state index in [9.17, 15) is 14.4 Å². The number of nitrogens with zero attached hydrogens (tertiary/aromatic N) is 3. The molecule has 1 N–H and O–H groups in total. The van der Waals surface area contributed by atoms with Crippen LogP contribution in [0.15, 0.2) is 47.3 Å². The highest BCUT2D eigenvalue weighted by atomic mass is 16.5. The predicted molar refractivity (Wildman–Crippen MR) is 144 cm³/mol. The van der Waals surface area contributed by atoms with Gasteiger partial charge < -0.3 is 4.74 Å². The number of benzene rings is 2. The maximum absolute atomic E-state index is 13.5. The van der Waals surface area contributed by atoms with Crippen LogP contribution < -0.4 is 15.6 Å². The van der Waals surface area contributed by atoms with E-state index < -0.39 is 0 Å². The Bertz CT molecular complexity index is 1280. The van der Waals surface area contributed by atoms with Gasteiger partial charge in [-0.15, -0.1) is 0 Å². The van der Waals surface area contributed by atoms with Crippen LogP contribution in [0.5, 0.6) is 5.75 Å². The number of fused-ring (bicyclic) bond motifs is 1. The summed E-state index contributed by atoms with van der Waals surface area (Å²) in [5.74, 6) is 0.712. The number of ether oxygens (including phenoxy) is 1. The number of likely N-dealkylation sites (tertiary alicyclic amines) is 1. The topological polar surface area (TPSA) is 93.5 Å². The monoisotopic (exact) mass is 504 g/mol. The minimum absolute atomic E-state index is 0.138. The molecule has 1 atom stereocenters. The van der Waals surface area contributed by atoms with Crippen molar-refractivity contribution in [1.82, 2.24) is 19.8 Å². The Kier molecular flexibility index (Phi) is 9.06. The molecule has 1 aliphatic rings. The van der Waals surface area contributed by atoms with Crippen molar-refractivity contribution in [3.05, 3.63) is 69.8 Å². The van der Waals surface area contributed by atoms with Crippen LogP contribution in [0.1, 0.15) is 62.0 Å². The highest BCUT2D eigenvalue weighted by molar-refractivity contribution is 5.86. The third-order valence-electron chi connectivity index (χ3n) is 7.04. The van der Waals surface area contributed by atoms with Crippen LogP contribution in [-0.2, 0) is 22.6 Å². The fourth-order valence-electron chi connectivity index (χ4n) is 5.04. The predicted octanol–water partition coefficient (Wildman–Crippen LogP) is 3.93. The number of carbonyl (C=O) groups is 2. The van der Waals surface area contributed by atoms with Crippen LogP contribution >= 0.6 is 0 Å². The highest BCUT2D eigenvalue weighted by Gasteiger charge is 2.18. The second-order valence-electron chi connectivity index (χ2n) is 9.81. The Balaban J connectivity index is 1.42. The molecule has 2 amide bonds. The van der Waals surface area contributed by atoms with E-state index in [4.69, 9.17) is 4.74 Å². The van der Waals surface area contributed by atoms with Crippen molar-refractivity contribution in [2.24, 2.45) is 0 Å². The van der Waals surface area contributed by atoms with E-state index in [1.807, 2.05) is 19.1 Å². The van der Waals surface area contributed by atoms with Gasteiger partial charge in [-0.3, -0.25) is 29.2 Å². The van der Waals surface area contributed by atoms with Crippen molar-refractivity contribution in [2.75, 3.05) is 19.7 Å². The average Bonchev–Trinajstić information content (AvgIpc) is 2.89. The summed E-state index contributed by atoms with van der Waals surface area (Å²) < 4.78 is 7.70. The van der Waals surface area contributed by atoms with Crippen LogP contribution in [-0.4, -0.2) is 46.5 Å². The summed E-state index contributed by atoms with van der Waals surface area (Å²) in [6.07, 6.45) is 5.58. The first-order valence-electron chi connectivity index (χ1n) is 13.1. The molecule has 4 rings (SSSR count). The number of hydrogen-bond acceptors (Lipinski definition) is 6. The smallest absolute Gasteiger partial charge is 0.265 e. The first kappa shape index (κ1) is 26.5. The average molecular weight is 505 g/mol. The fraction of sp³-hybridized carbons (Fsp3) is 0.448. The van der Waals surface area contributed by atoms with Gasteiger partial charge in [0.15, 0.2) is 0 Å². The summed E-state index contributed by atoms with van der Waals surface area (Å²) in [6.45, 7) is 7.47. The molecule has 0 bridgehead atoms. The van der Waals surface area contributed by atoms with Crippen LogP contribution in [0.4, 0.5) is 0 Å². The molecule has 8 heteroatoms. The summed E-state index contributed by atoms with van der Waals surface area (Å²) in [7, 11) is 0. The molecule has 196 valence electrons. The van der Waals surface area contributed by atoms with Gasteiger partial charge in [0.05, 0.1) is 12.1 Å². The molecular weight excluding hydrogens is 468 g/mol. The SMILES string of the molecule is Cc1nc2cccc(OCCc3ccc(CN4CCCCC4)cc3)c2c(=O)n1C(C)CCC(=O)NC=O. The minimum atomic E-state index is -0.371. The molecular formula is C29H36N4O4. The standard InChI is InChI=1S/C29H36N4O4/c1-21(9-14-27(35)30-20-34)33-22(2)31-25-7-6-8-26(28(25)29(33)36)37-18-15-23-10-12-24(13-11-23)19-32-16-4-3-5-17-32/h6-8,10-13,20-21H,3-5,9,14-19H2,1-2H3,(H,30,34,35). The van der Waals surface area contributed by atoms with Crippen molar-refractivity contribution in [1.29, 1.82) is 0 Å². The van der Waals surface area contributed by atoms with Gasteiger partial charge in [-0.2, -0.15) is 0 Å². The molecule has 2 aromatic carbocycles. The fourth-order valence-corrected chi connectivity index (χ4v) is 5.04. The van der Waals surface area contributed by atoms with Gasteiger partial charge in [-0.05, 0) is 69.5 Å². The highest BCUT2D eigenvalue weighted by Crippen LogP contribution is 2.24. The summed E-state index contributed by atoms with van der Waals surface area (Å²) in [5.41, 5.74) is 2.92. The normalized spacial score (nSPS) is 14.9. The van der Waals surface area contributed by atoms with Gasteiger partial charge in [0.2, 0.25) is 12.3 Å². The van der Waals surface area contributed by atoms with Gasteiger partial charge in [-0.1, -0.05) is 36.8 Å². The van der Waals surface area contributed by atoms with Gasteiger partial charge in [0.25, 0.3) is 5.56 Å². The van der Waals surface area contributed by atoms with Gasteiger partial charge in [0, 0.05) is 25.4 Å². The molecule has 37 heavy (non-hydrogen) atoms. The van der Waals surface area contributed by atoms with E-state index in [1.54, 1.807) is 17.6 Å². The zero-order valence-corrected chi connectivity index (χ0v) is 21.7. The van der Waals surface area contributed by atoms with Crippen LogP contribution in [0.2, 0.25) is 0 Å². The van der Waals surface area contributed by atoms with E-state index in [2.05, 4.69) is 39.5 Å². The molecule has 2 heterocycles. The van der Waals surface area contributed by atoms with E-state index in [0.29, 0.717) is 41.9 Å². The number of amides is 2. The lowest BCUT2D eigenvalue weighted by Crippen LogP contribution is -2.29. The third kappa shape index (κ3) is 6.83. The summed E-state index contributed by atoms with van der Waals surface area (Å²) in [4.78, 5) is 42.8. The summed E-state index contributed by atoms with van der Waals surface area (Å²) >= 11 is 0. The lowest BCUT2D eigenvalue weighted by Gasteiger charge is -2.26. The van der Waals surface area contributed by atoms with E-state index >= 15 is 0 Å². The van der Waals surface area contributed by atoms with Gasteiger partial charge in [0.1, 0.15) is 17.0 Å². The number of hydrogen-bond donors (Lipinski definition) is 1. The molecule has 1 unspecified atom stereocenters. The number of piperidine rings is 1. The first-order chi connectivity index (χ1) is 18.0.